The molecule has 142 valence electrons. The molecule has 0 bridgehead atoms. The average Bonchev–Trinajstić information content (AvgIpc) is 3.08. The van der Waals surface area contributed by atoms with E-state index in [1.807, 2.05) is 52.0 Å². The van der Waals surface area contributed by atoms with Gasteiger partial charge in [-0.25, -0.2) is 0 Å². The SMILES string of the molecule is CCOCc1ccc(CNC(=O)CCCc2nc(C(C)(C)C)no2)cc1. The van der Waals surface area contributed by atoms with Crippen LogP contribution in [-0.2, 0) is 34.5 Å². The summed E-state index contributed by atoms with van der Waals surface area (Å²) in [5.74, 6) is 1.32. The maximum absolute atomic E-state index is 12.0. The normalized spacial score (nSPS) is 11.5. The molecule has 1 N–H and O–H groups in total. The third-order valence-corrected chi connectivity index (χ3v) is 3.92. The number of nitrogens with zero attached hydrogens (tertiary/aromatic N) is 2. The van der Waals surface area contributed by atoms with Crippen LogP contribution in [0.3, 0.4) is 0 Å². The van der Waals surface area contributed by atoms with E-state index in [2.05, 4.69) is 15.5 Å². The van der Waals surface area contributed by atoms with Gasteiger partial charge >= 0.3 is 0 Å². The van der Waals surface area contributed by atoms with Crippen molar-refractivity contribution in [3.8, 4) is 0 Å². The number of hydrogen-bond donors (Lipinski definition) is 1. The van der Waals surface area contributed by atoms with Gasteiger partial charge in [0.2, 0.25) is 11.8 Å². The summed E-state index contributed by atoms with van der Waals surface area (Å²) in [5, 5.41) is 6.93. The van der Waals surface area contributed by atoms with E-state index in [-0.39, 0.29) is 11.3 Å². The Balaban J connectivity index is 1.68. The van der Waals surface area contributed by atoms with E-state index in [0.29, 0.717) is 50.7 Å². The maximum Gasteiger partial charge on any atom is 0.226 e. The first kappa shape index (κ1) is 20.1. The third-order valence-electron chi connectivity index (χ3n) is 3.92. The molecular formula is C20H29N3O3. The zero-order valence-electron chi connectivity index (χ0n) is 16.2. The first-order valence-electron chi connectivity index (χ1n) is 9.14. The summed E-state index contributed by atoms with van der Waals surface area (Å²) in [6, 6.07) is 8.08. The number of nitrogens with one attached hydrogen (secondary N) is 1. The monoisotopic (exact) mass is 359 g/mol. The molecule has 0 radical (unpaired) electrons. The van der Waals surface area contributed by atoms with Gasteiger partial charge in [0.05, 0.1) is 6.61 Å². The minimum absolute atomic E-state index is 0.0268. The van der Waals surface area contributed by atoms with Gasteiger partial charge in [-0.2, -0.15) is 4.98 Å². The zero-order valence-corrected chi connectivity index (χ0v) is 16.2. The molecule has 0 saturated heterocycles. The van der Waals surface area contributed by atoms with Gasteiger partial charge < -0.3 is 14.6 Å². The van der Waals surface area contributed by atoms with Gasteiger partial charge in [-0.05, 0) is 24.5 Å². The van der Waals surface area contributed by atoms with E-state index in [1.54, 1.807) is 0 Å². The fourth-order valence-electron chi connectivity index (χ4n) is 2.32. The van der Waals surface area contributed by atoms with Crippen molar-refractivity contribution < 1.29 is 14.1 Å². The lowest BCUT2D eigenvalue weighted by Crippen LogP contribution is -2.22. The molecule has 0 unspecified atom stereocenters. The summed E-state index contributed by atoms with van der Waals surface area (Å²) in [6.45, 7) is 9.96. The molecule has 0 aliphatic rings. The standard InChI is InChI=1S/C20H29N3O3/c1-5-25-14-16-11-9-15(10-12-16)13-21-17(24)7-6-8-18-22-19(23-26-18)20(2,3)4/h9-12H,5-8,13-14H2,1-4H3,(H,21,24). The van der Waals surface area contributed by atoms with Crippen molar-refractivity contribution in [2.75, 3.05) is 6.61 Å². The highest BCUT2D eigenvalue weighted by Gasteiger charge is 2.20. The number of ether oxygens (including phenoxy) is 1. The number of hydrogen-bond acceptors (Lipinski definition) is 5. The van der Waals surface area contributed by atoms with Gasteiger partial charge in [0.25, 0.3) is 0 Å². The minimum atomic E-state index is -0.128. The van der Waals surface area contributed by atoms with Gasteiger partial charge in [0, 0.05) is 31.4 Å². The summed E-state index contributed by atoms with van der Waals surface area (Å²) in [7, 11) is 0. The number of carbonyl (C=O) groups is 1. The van der Waals surface area contributed by atoms with Crippen LogP contribution in [0.4, 0.5) is 0 Å². The first-order chi connectivity index (χ1) is 12.4. The summed E-state index contributed by atoms with van der Waals surface area (Å²) >= 11 is 0. The Morgan fingerprint density at radius 2 is 1.88 bits per heavy atom. The molecule has 0 saturated carbocycles. The number of aromatic nitrogens is 2. The second-order valence-electron chi connectivity index (χ2n) is 7.35. The van der Waals surface area contributed by atoms with Gasteiger partial charge in [0.1, 0.15) is 0 Å². The molecule has 2 rings (SSSR count). The molecule has 1 aromatic heterocycles. The predicted octanol–water partition coefficient (Wildman–Crippen LogP) is 3.54. The lowest BCUT2D eigenvalue weighted by Gasteiger charge is -2.10. The van der Waals surface area contributed by atoms with E-state index >= 15 is 0 Å². The van der Waals surface area contributed by atoms with Crippen LogP contribution in [0.25, 0.3) is 0 Å². The van der Waals surface area contributed by atoms with Crippen molar-refractivity contribution in [1.82, 2.24) is 15.5 Å². The van der Waals surface area contributed by atoms with Gasteiger partial charge in [-0.15, -0.1) is 0 Å². The van der Waals surface area contributed by atoms with Crippen LogP contribution >= 0.6 is 0 Å². The third kappa shape index (κ3) is 6.59. The Kier molecular flexibility index (Phi) is 7.33. The second kappa shape index (κ2) is 9.48. The molecule has 26 heavy (non-hydrogen) atoms. The average molecular weight is 359 g/mol. The second-order valence-corrected chi connectivity index (χ2v) is 7.35. The maximum atomic E-state index is 12.0. The van der Waals surface area contributed by atoms with Crippen LogP contribution in [0.2, 0.25) is 0 Å². The fourth-order valence-corrected chi connectivity index (χ4v) is 2.32. The molecule has 6 heteroatoms. The summed E-state index contributed by atoms with van der Waals surface area (Å²) in [6.07, 6.45) is 1.74. The lowest BCUT2D eigenvalue weighted by atomic mass is 9.96. The molecule has 0 aliphatic carbocycles. The Bertz CT molecular complexity index is 687. The van der Waals surface area contributed by atoms with Gasteiger partial charge in [0.15, 0.2) is 5.82 Å². The smallest absolute Gasteiger partial charge is 0.226 e. The summed E-state index contributed by atoms with van der Waals surface area (Å²) < 4.78 is 10.6. The molecule has 1 heterocycles. The van der Waals surface area contributed by atoms with E-state index in [0.717, 1.165) is 11.1 Å². The highest BCUT2D eigenvalue weighted by atomic mass is 16.5. The largest absolute Gasteiger partial charge is 0.377 e. The van der Waals surface area contributed by atoms with E-state index in [1.165, 1.54) is 0 Å². The quantitative estimate of drug-likeness (QED) is 0.741. The van der Waals surface area contributed by atoms with Crippen LogP contribution in [-0.4, -0.2) is 22.7 Å². The highest BCUT2D eigenvalue weighted by molar-refractivity contribution is 5.75. The number of benzene rings is 1. The van der Waals surface area contributed by atoms with Gasteiger partial charge in [-0.3, -0.25) is 4.79 Å². The Morgan fingerprint density at radius 3 is 2.50 bits per heavy atom. The molecule has 0 fully saturated rings. The molecule has 0 spiro atoms. The van der Waals surface area contributed by atoms with E-state index < -0.39 is 0 Å². The highest BCUT2D eigenvalue weighted by Crippen LogP contribution is 2.18. The van der Waals surface area contributed by atoms with Crippen LogP contribution < -0.4 is 5.32 Å². The molecular weight excluding hydrogens is 330 g/mol. The van der Waals surface area contributed by atoms with Crippen LogP contribution in [0.1, 0.15) is 63.4 Å². The Hall–Kier alpha value is -2.21. The van der Waals surface area contributed by atoms with E-state index in [9.17, 15) is 4.79 Å². The van der Waals surface area contributed by atoms with Crippen molar-refractivity contribution >= 4 is 5.91 Å². The molecule has 0 aliphatic heterocycles. The lowest BCUT2D eigenvalue weighted by molar-refractivity contribution is -0.121. The molecule has 6 nitrogen and oxygen atoms in total. The van der Waals surface area contributed by atoms with Crippen LogP contribution in [0.15, 0.2) is 28.8 Å². The first-order valence-corrected chi connectivity index (χ1v) is 9.14. The van der Waals surface area contributed by atoms with Crippen molar-refractivity contribution in [3.63, 3.8) is 0 Å². The van der Waals surface area contributed by atoms with Crippen LogP contribution in [0.5, 0.6) is 0 Å². The van der Waals surface area contributed by atoms with Gasteiger partial charge in [-0.1, -0.05) is 50.2 Å². The fraction of sp³-hybridized carbons (Fsp3) is 0.550. The number of aryl methyl sites for hydroxylation is 1. The zero-order chi connectivity index (χ0) is 19.0. The van der Waals surface area contributed by atoms with Crippen molar-refractivity contribution in [2.45, 2.75) is 65.5 Å². The number of amides is 1. The molecule has 1 aromatic carbocycles. The Morgan fingerprint density at radius 1 is 1.19 bits per heavy atom. The van der Waals surface area contributed by atoms with Crippen molar-refractivity contribution in [2.24, 2.45) is 0 Å². The van der Waals surface area contributed by atoms with E-state index in [4.69, 9.17) is 9.26 Å². The molecule has 0 atom stereocenters. The topological polar surface area (TPSA) is 77.2 Å². The predicted molar refractivity (Wildman–Crippen MR) is 99.6 cm³/mol. The number of carbonyl (C=O) groups excluding carboxylic acids is 1. The summed E-state index contributed by atoms with van der Waals surface area (Å²) in [5.41, 5.74) is 2.08. The Labute approximate surface area is 155 Å². The molecule has 2 aromatic rings. The number of rotatable bonds is 9. The van der Waals surface area contributed by atoms with Crippen LogP contribution in [0, 0.1) is 0 Å². The summed E-state index contributed by atoms with van der Waals surface area (Å²) in [4.78, 5) is 16.4. The molecule has 1 amide bonds. The van der Waals surface area contributed by atoms with Crippen molar-refractivity contribution in [3.05, 3.63) is 47.1 Å². The minimum Gasteiger partial charge on any atom is -0.377 e. The van der Waals surface area contributed by atoms with Crippen molar-refractivity contribution in [1.29, 1.82) is 0 Å².